The summed E-state index contributed by atoms with van der Waals surface area (Å²) in [6, 6.07) is 3.12. The monoisotopic (exact) mass is 323 g/mol. The van der Waals surface area contributed by atoms with Crippen LogP contribution in [0.25, 0.3) is 0 Å². The highest BCUT2D eigenvalue weighted by atomic mass is 35.7. The van der Waals surface area contributed by atoms with Crippen molar-refractivity contribution in [2.75, 3.05) is 0 Å². The number of nitrogens with one attached hydrogen (secondary N) is 1. The van der Waals surface area contributed by atoms with Gasteiger partial charge in [-0.1, -0.05) is 26.2 Å². The molecule has 19 heavy (non-hydrogen) atoms. The van der Waals surface area contributed by atoms with Gasteiger partial charge in [0.05, 0.1) is 6.54 Å². The summed E-state index contributed by atoms with van der Waals surface area (Å²) in [6.07, 6.45) is 4.77. The van der Waals surface area contributed by atoms with Crippen LogP contribution in [0.4, 0.5) is 0 Å². The standard InChI is InChI=1S/C12H18ClNO3S2/c1-2-3-4-5-6-11(15)14-9-10-7-8-12(18-10)19(13,16)17/h7-8H,2-6,9H2,1H3,(H,14,15). The van der Waals surface area contributed by atoms with Gasteiger partial charge in [-0.3, -0.25) is 4.79 Å². The molecule has 0 aliphatic rings. The van der Waals surface area contributed by atoms with E-state index in [1.807, 2.05) is 0 Å². The molecule has 0 radical (unpaired) electrons. The molecule has 0 atom stereocenters. The van der Waals surface area contributed by atoms with Crippen molar-refractivity contribution in [3.63, 3.8) is 0 Å². The van der Waals surface area contributed by atoms with Gasteiger partial charge in [-0.2, -0.15) is 0 Å². The minimum atomic E-state index is -3.66. The summed E-state index contributed by atoms with van der Waals surface area (Å²) in [4.78, 5) is 12.3. The van der Waals surface area contributed by atoms with Crippen molar-refractivity contribution >= 4 is 37.0 Å². The molecule has 0 spiro atoms. The number of rotatable bonds is 8. The molecule has 1 aromatic rings. The lowest BCUT2D eigenvalue weighted by Gasteiger charge is -2.03. The molecule has 0 bridgehead atoms. The molecule has 0 saturated heterocycles. The lowest BCUT2D eigenvalue weighted by Crippen LogP contribution is -2.21. The average Bonchev–Trinajstić information content (AvgIpc) is 2.81. The maximum atomic E-state index is 11.5. The van der Waals surface area contributed by atoms with E-state index in [0.29, 0.717) is 13.0 Å². The topological polar surface area (TPSA) is 63.2 Å². The van der Waals surface area contributed by atoms with Gasteiger partial charge in [0.1, 0.15) is 4.21 Å². The van der Waals surface area contributed by atoms with E-state index in [9.17, 15) is 13.2 Å². The smallest absolute Gasteiger partial charge is 0.270 e. The first-order valence-electron chi connectivity index (χ1n) is 6.23. The zero-order valence-electron chi connectivity index (χ0n) is 10.8. The second-order valence-electron chi connectivity index (χ2n) is 4.25. The maximum Gasteiger partial charge on any atom is 0.270 e. The number of amides is 1. The van der Waals surface area contributed by atoms with Crippen molar-refractivity contribution in [1.29, 1.82) is 0 Å². The van der Waals surface area contributed by atoms with E-state index in [2.05, 4.69) is 12.2 Å². The quantitative estimate of drug-likeness (QED) is 0.590. The Bertz CT molecular complexity index is 511. The summed E-state index contributed by atoms with van der Waals surface area (Å²) in [5.41, 5.74) is 0. The summed E-state index contributed by atoms with van der Waals surface area (Å²) in [5, 5.41) is 2.77. The molecule has 0 unspecified atom stereocenters. The Morgan fingerprint density at radius 2 is 2.05 bits per heavy atom. The zero-order chi connectivity index (χ0) is 14.3. The van der Waals surface area contributed by atoms with E-state index in [4.69, 9.17) is 10.7 Å². The van der Waals surface area contributed by atoms with Crippen LogP contribution in [0.3, 0.4) is 0 Å². The molecule has 0 saturated carbocycles. The van der Waals surface area contributed by atoms with Crippen LogP contribution in [0.15, 0.2) is 16.3 Å². The van der Waals surface area contributed by atoms with Crippen LogP contribution in [0.2, 0.25) is 0 Å². The van der Waals surface area contributed by atoms with Gasteiger partial charge in [0.25, 0.3) is 9.05 Å². The summed E-state index contributed by atoms with van der Waals surface area (Å²) in [7, 11) is 1.57. The van der Waals surface area contributed by atoms with Crippen molar-refractivity contribution < 1.29 is 13.2 Å². The van der Waals surface area contributed by atoms with Crippen molar-refractivity contribution in [2.24, 2.45) is 0 Å². The summed E-state index contributed by atoms with van der Waals surface area (Å²) in [6.45, 7) is 2.48. The van der Waals surface area contributed by atoms with Crippen LogP contribution in [0, 0.1) is 0 Å². The molecule has 1 N–H and O–H groups in total. The molecular weight excluding hydrogens is 306 g/mol. The van der Waals surface area contributed by atoms with Crippen LogP contribution in [0.1, 0.15) is 43.9 Å². The Morgan fingerprint density at radius 1 is 1.32 bits per heavy atom. The van der Waals surface area contributed by atoms with Gasteiger partial charge >= 0.3 is 0 Å². The van der Waals surface area contributed by atoms with Crippen LogP contribution in [0.5, 0.6) is 0 Å². The normalized spacial score (nSPS) is 11.5. The van der Waals surface area contributed by atoms with Gasteiger partial charge in [-0.05, 0) is 18.6 Å². The molecule has 1 aromatic heterocycles. The van der Waals surface area contributed by atoms with Gasteiger partial charge in [-0.15, -0.1) is 11.3 Å². The van der Waals surface area contributed by atoms with Crippen molar-refractivity contribution in [2.45, 2.75) is 49.8 Å². The molecule has 1 amide bonds. The molecule has 108 valence electrons. The third-order valence-electron chi connectivity index (χ3n) is 2.59. The first kappa shape index (κ1) is 16.5. The van der Waals surface area contributed by atoms with E-state index < -0.39 is 9.05 Å². The van der Waals surface area contributed by atoms with E-state index in [0.717, 1.165) is 41.9 Å². The number of hydrogen-bond donors (Lipinski definition) is 1. The molecule has 7 heteroatoms. The Labute approximate surface area is 122 Å². The van der Waals surface area contributed by atoms with Gasteiger partial charge in [0.2, 0.25) is 5.91 Å². The van der Waals surface area contributed by atoms with Crippen molar-refractivity contribution in [3.05, 3.63) is 17.0 Å². The molecule has 0 fully saturated rings. The van der Waals surface area contributed by atoms with Crippen LogP contribution < -0.4 is 5.32 Å². The molecule has 1 heterocycles. The van der Waals surface area contributed by atoms with Gasteiger partial charge in [-0.25, -0.2) is 8.42 Å². The molecule has 4 nitrogen and oxygen atoms in total. The number of thiophene rings is 1. The summed E-state index contributed by atoms with van der Waals surface area (Å²) in [5.74, 6) is -0.000200. The van der Waals surface area contributed by atoms with Crippen molar-refractivity contribution in [1.82, 2.24) is 5.32 Å². The maximum absolute atomic E-state index is 11.5. The Morgan fingerprint density at radius 3 is 2.63 bits per heavy atom. The fourth-order valence-electron chi connectivity index (χ4n) is 1.57. The fraction of sp³-hybridized carbons (Fsp3) is 0.583. The third-order valence-corrected chi connectivity index (χ3v) is 5.77. The minimum absolute atomic E-state index is 0.000200. The molecule has 0 aliphatic carbocycles. The molecule has 0 aromatic carbocycles. The molecule has 0 aliphatic heterocycles. The first-order chi connectivity index (χ1) is 8.93. The first-order valence-corrected chi connectivity index (χ1v) is 9.36. The minimum Gasteiger partial charge on any atom is -0.351 e. The van der Waals surface area contributed by atoms with Crippen LogP contribution in [-0.4, -0.2) is 14.3 Å². The highest BCUT2D eigenvalue weighted by Crippen LogP contribution is 2.24. The average molecular weight is 324 g/mol. The van der Waals surface area contributed by atoms with Crippen LogP contribution in [-0.2, 0) is 20.4 Å². The van der Waals surface area contributed by atoms with E-state index in [-0.39, 0.29) is 10.1 Å². The highest BCUT2D eigenvalue weighted by Gasteiger charge is 2.13. The second kappa shape index (κ2) is 7.87. The van der Waals surface area contributed by atoms with Crippen molar-refractivity contribution in [3.8, 4) is 0 Å². The van der Waals surface area contributed by atoms with E-state index >= 15 is 0 Å². The summed E-state index contributed by atoms with van der Waals surface area (Å²) >= 11 is 1.08. The predicted octanol–water partition coefficient (Wildman–Crippen LogP) is 3.26. The Hall–Kier alpha value is -0.590. The van der Waals surface area contributed by atoms with E-state index in [1.54, 1.807) is 6.07 Å². The fourth-order valence-corrected chi connectivity index (χ4v) is 3.63. The largest absolute Gasteiger partial charge is 0.351 e. The van der Waals surface area contributed by atoms with Gasteiger partial charge in [0, 0.05) is 22.0 Å². The lowest BCUT2D eigenvalue weighted by atomic mass is 10.1. The third kappa shape index (κ3) is 6.40. The van der Waals surface area contributed by atoms with Crippen LogP contribution >= 0.6 is 22.0 Å². The molecule has 1 rings (SSSR count). The Balaban J connectivity index is 2.32. The van der Waals surface area contributed by atoms with Gasteiger partial charge in [0.15, 0.2) is 0 Å². The lowest BCUT2D eigenvalue weighted by molar-refractivity contribution is -0.121. The second-order valence-corrected chi connectivity index (χ2v) is 8.21. The van der Waals surface area contributed by atoms with E-state index in [1.165, 1.54) is 6.07 Å². The number of halogens is 1. The highest BCUT2D eigenvalue weighted by molar-refractivity contribution is 8.15. The Kier molecular flexibility index (Phi) is 6.82. The summed E-state index contributed by atoms with van der Waals surface area (Å²) < 4.78 is 22.3. The number of unbranched alkanes of at least 4 members (excludes halogenated alkanes) is 3. The number of carbonyl (C=O) groups excluding carboxylic acids is 1. The zero-order valence-corrected chi connectivity index (χ0v) is 13.2. The predicted molar refractivity (Wildman–Crippen MR) is 78.0 cm³/mol. The number of hydrogen-bond acceptors (Lipinski definition) is 4. The molecular formula is C12H18ClNO3S2. The SMILES string of the molecule is CCCCCCC(=O)NCc1ccc(S(=O)(=O)Cl)s1. The van der Waals surface area contributed by atoms with Gasteiger partial charge < -0.3 is 5.32 Å². The number of carbonyl (C=O) groups is 1.